The zero-order valence-corrected chi connectivity index (χ0v) is 12.4. The van der Waals surface area contributed by atoms with Gasteiger partial charge in [-0.15, -0.1) is 0 Å². The monoisotopic (exact) mass is 294 g/mol. The lowest BCUT2D eigenvalue weighted by molar-refractivity contribution is -0.143. The van der Waals surface area contributed by atoms with E-state index in [0.29, 0.717) is 19.4 Å². The molecule has 0 aromatic carbocycles. The maximum absolute atomic E-state index is 11.9. The number of urea groups is 1. The van der Waals surface area contributed by atoms with Crippen LogP contribution in [0.3, 0.4) is 0 Å². The first-order valence-electron chi connectivity index (χ1n) is 7.22. The average molecular weight is 294 g/mol. The molecule has 1 heterocycles. The minimum Gasteiger partial charge on any atom is -0.481 e. The molecule has 0 aliphatic heterocycles. The molecule has 7 nitrogen and oxygen atoms in total. The number of nitrogens with zero attached hydrogens (tertiary/aromatic N) is 2. The van der Waals surface area contributed by atoms with E-state index in [1.807, 2.05) is 14.0 Å². The lowest BCUT2D eigenvalue weighted by Gasteiger charge is -2.27. The molecule has 2 unspecified atom stereocenters. The fourth-order valence-electron chi connectivity index (χ4n) is 2.67. The molecule has 1 aromatic heterocycles. The van der Waals surface area contributed by atoms with Crippen molar-refractivity contribution in [2.24, 2.45) is 13.0 Å². The molecular formula is C14H22N4O3. The smallest absolute Gasteiger partial charge is 0.315 e. The number of aliphatic carboxylic acids is 1. The second-order valence-electron chi connectivity index (χ2n) is 5.60. The Hall–Kier alpha value is -2.05. The number of hydrogen-bond acceptors (Lipinski definition) is 3. The van der Waals surface area contributed by atoms with E-state index in [0.717, 1.165) is 24.1 Å². The second kappa shape index (κ2) is 6.60. The lowest BCUT2D eigenvalue weighted by Crippen LogP contribution is -2.44. The molecule has 1 fully saturated rings. The Morgan fingerprint density at radius 3 is 2.86 bits per heavy atom. The summed E-state index contributed by atoms with van der Waals surface area (Å²) in [5.41, 5.74) is 1.98. The number of aryl methyl sites for hydroxylation is 1. The number of nitrogens with one attached hydrogen (secondary N) is 2. The Kier molecular flexibility index (Phi) is 4.82. The van der Waals surface area contributed by atoms with Crippen molar-refractivity contribution in [2.45, 2.75) is 45.2 Å². The van der Waals surface area contributed by atoms with E-state index in [9.17, 15) is 9.59 Å². The van der Waals surface area contributed by atoms with Crippen LogP contribution in [-0.4, -0.2) is 32.9 Å². The van der Waals surface area contributed by atoms with Crippen molar-refractivity contribution in [2.75, 3.05) is 0 Å². The van der Waals surface area contributed by atoms with Gasteiger partial charge < -0.3 is 15.7 Å². The minimum absolute atomic E-state index is 0.0603. The summed E-state index contributed by atoms with van der Waals surface area (Å²) in [5.74, 6) is -1.11. The van der Waals surface area contributed by atoms with Gasteiger partial charge in [-0.05, 0) is 26.2 Å². The van der Waals surface area contributed by atoms with E-state index in [2.05, 4.69) is 15.7 Å². The van der Waals surface area contributed by atoms with Gasteiger partial charge in [-0.1, -0.05) is 6.42 Å². The summed E-state index contributed by atoms with van der Waals surface area (Å²) in [6.45, 7) is 2.36. The first kappa shape index (κ1) is 15.3. The largest absolute Gasteiger partial charge is 0.481 e. The van der Waals surface area contributed by atoms with Crippen molar-refractivity contribution >= 4 is 12.0 Å². The first-order chi connectivity index (χ1) is 9.97. The fraction of sp³-hybridized carbons (Fsp3) is 0.643. The van der Waals surface area contributed by atoms with Gasteiger partial charge in [0.25, 0.3) is 0 Å². The topological polar surface area (TPSA) is 96.2 Å². The molecular weight excluding hydrogens is 272 g/mol. The number of aromatic nitrogens is 2. The van der Waals surface area contributed by atoms with E-state index in [1.165, 1.54) is 0 Å². The van der Waals surface area contributed by atoms with Crippen LogP contribution in [0.4, 0.5) is 4.79 Å². The van der Waals surface area contributed by atoms with Crippen molar-refractivity contribution < 1.29 is 14.7 Å². The third-order valence-electron chi connectivity index (χ3n) is 4.13. The predicted molar refractivity (Wildman–Crippen MR) is 76.7 cm³/mol. The van der Waals surface area contributed by atoms with Crippen LogP contribution in [0.25, 0.3) is 0 Å². The molecule has 3 N–H and O–H groups in total. The minimum atomic E-state index is -0.770. The van der Waals surface area contributed by atoms with Crippen molar-refractivity contribution in [3.05, 3.63) is 17.5 Å². The zero-order valence-electron chi connectivity index (χ0n) is 12.4. The van der Waals surface area contributed by atoms with Gasteiger partial charge in [0, 0.05) is 30.9 Å². The van der Waals surface area contributed by atoms with Crippen molar-refractivity contribution in [3.8, 4) is 0 Å². The summed E-state index contributed by atoms with van der Waals surface area (Å²) in [7, 11) is 1.85. The highest BCUT2D eigenvalue weighted by atomic mass is 16.4. The Labute approximate surface area is 123 Å². The van der Waals surface area contributed by atoms with Crippen LogP contribution in [0, 0.1) is 12.8 Å². The summed E-state index contributed by atoms with van der Waals surface area (Å²) < 4.78 is 1.76. The number of carbonyl (C=O) groups is 2. The summed E-state index contributed by atoms with van der Waals surface area (Å²) in [6, 6.07) is -0.316. The van der Waals surface area contributed by atoms with Gasteiger partial charge in [0.1, 0.15) is 0 Å². The summed E-state index contributed by atoms with van der Waals surface area (Å²) in [4.78, 5) is 22.9. The molecule has 0 radical (unpaired) electrons. The van der Waals surface area contributed by atoms with Crippen LogP contribution in [0.1, 0.15) is 36.9 Å². The van der Waals surface area contributed by atoms with Crippen LogP contribution >= 0.6 is 0 Å². The molecule has 0 bridgehead atoms. The van der Waals surface area contributed by atoms with E-state index >= 15 is 0 Å². The van der Waals surface area contributed by atoms with Crippen LogP contribution in [0.5, 0.6) is 0 Å². The molecule has 116 valence electrons. The molecule has 7 heteroatoms. The summed E-state index contributed by atoms with van der Waals surface area (Å²) in [5, 5.41) is 18.8. The van der Waals surface area contributed by atoms with Crippen molar-refractivity contribution in [1.82, 2.24) is 20.4 Å². The maximum Gasteiger partial charge on any atom is 0.315 e. The molecule has 1 aliphatic carbocycles. The Bertz CT molecular complexity index is 526. The van der Waals surface area contributed by atoms with Crippen molar-refractivity contribution in [3.63, 3.8) is 0 Å². The van der Waals surface area contributed by atoms with E-state index < -0.39 is 5.97 Å². The fourth-order valence-corrected chi connectivity index (χ4v) is 2.67. The zero-order chi connectivity index (χ0) is 15.4. The van der Waals surface area contributed by atoms with E-state index in [4.69, 9.17) is 5.11 Å². The molecule has 2 rings (SSSR count). The number of carboxylic acid groups (broad SMARTS) is 1. The number of rotatable bonds is 4. The molecule has 2 atom stereocenters. The number of amides is 2. The Morgan fingerprint density at radius 1 is 1.48 bits per heavy atom. The quantitative estimate of drug-likeness (QED) is 0.776. The SMILES string of the molecule is Cc1c(CNC(=O)NC2CCCC(C(=O)O)C2)cnn1C. The standard InChI is InChI=1S/C14H22N4O3/c1-9-11(8-16-18(9)2)7-15-14(21)17-12-5-3-4-10(6-12)13(19)20/h8,10,12H,3-7H2,1-2H3,(H,19,20)(H2,15,17,21). The Morgan fingerprint density at radius 2 is 2.24 bits per heavy atom. The third-order valence-corrected chi connectivity index (χ3v) is 4.13. The van der Waals surface area contributed by atoms with Crippen LogP contribution in [0.2, 0.25) is 0 Å². The molecule has 0 spiro atoms. The Balaban J connectivity index is 1.79. The van der Waals surface area contributed by atoms with Gasteiger partial charge in [0.15, 0.2) is 0 Å². The third kappa shape index (κ3) is 3.96. The first-order valence-corrected chi connectivity index (χ1v) is 7.22. The van der Waals surface area contributed by atoms with Crippen LogP contribution in [-0.2, 0) is 18.4 Å². The number of carbonyl (C=O) groups excluding carboxylic acids is 1. The van der Waals surface area contributed by atoms with Gasteiger partial charge in [-0.3, -0.25) is 9.48 Å². The maximum atomic E-state index is 11.9. The molecule has 1 aromatic rings. The van der Waals surface area contributed by atoms with Crippen LogP contribution in [0.15, 0.2) is 6.20 Å². The van der Waals surface area contributed by atoms with E-state index in [1.54, 1.807) is 10.9 Å². The van der Waals surface area contributed by atoms with Gasteiger partial charge in [0.05, 0.1) is 12.1 Å². The van der Waals surface area contributed by atoms with Gasteiger partial charge in [-0.2, -0.15) is 5.10 Å². The molecule has 1 aliphatic rings. The normalized spacial score (nSPS) is 21.8. The molecule has 0 saturated heterocycles. The van der Waals surface area contributed by atoms with E-state index in [-0.39, 0.29) is 18.0 Å². The highest BCUT2D eigenvalue weighted by Gasteiger charge is 2.27. The second-order valence-corrected chi connectivity index (χ2v) is 5.60. The average Bonchev–Trinajstić information content (AvgIpc) is 2.77. The number of hydrogen-bond donors (Lipinski definition) is 3. The van der Waals surface area contributed by atoms with Crippen LogP contribution < -0.4 is 10.6 Å². The predicted octanol–water partition coefficient (Wildman–Crippen LogP) is 1.17. The summed E-state index contributed by atoms with van der Waals surface area (Å²) in [6.07, 6.45) is 4.61. The molecule has 21 heavy (non-hydrogen) atoms. The highest BCUT2D eigenvalue weighted by Crippen LogP contribution is 2.24. The number of carboxylic acids is 1. The molecule has 1 saturated carbocycles. The van der Waals surface area contributed by atoms with Gasteiger partial charge in [0.2, 0.25) is 0 Å². The molecule has 2 amide bonds. The highest BCUT2D eigenvalue weighted by molar-refractivity contribution is 5.74. The van der Waals surface area contributed by atoms with Gasteiger partial charge >= 0.3 is 12.0 Å². The van der Waals surface area contributed by atoms with Gasteiger partial charge in [-0.25, -0.2) is 4.79 Å². The lowest BCUT2D eigenvalue weighted by atomic mass is 9.86. The van der Waals surface area contributed by atoms with Crippen molar-refractivity contribution in [1.29, 1.82) is 0 Å². The summed E-state index contributed by atoms with van der Waals surface area (Å²) >= 11 is 0.